The first kappa shape index (κ1) is 41.3. The number of carboxylic acid groups (broad SMARTS) is 1. The van der Waals surface area contributed by atoms with Crippen molar-refractivity contribution in [1.29, 1.82) is 0 Å². The number of benzene rings is 2. The van der Waals surface area contributed by atoms with Crippen LogP contribution in [0.25, 0.3) is 0 Å². The average molecular weight is 705 g/mol. The van der Waals surface area contributed by atoms with Crippen LogP contribution < -0.4 is 21.3 Å². The SMILES string of the molecule is CCCC(NC(=O)Cc1cc(F)cc(F)c1)C(=O)O.CCCCNCc1cnc(NC(=O)C(CCC)NC(=O)Cc2cc(F)cc(F)c2)cn1. The largest absolute Gasteiger partial charge is 0.480 e. The maximum absolute atomic E-state index is 13.3. The van der Waals surface area contributed by atoms with Crippen LogP contribution in [0.5, 0.6) is 0 Å². The monoisotopic (exact) mass is 704 g/mol. The summed E-state index contributed by atoms with van der Waals surface area (Å²) in [5, 5.41) is 19.7. The second kappa shape index (κ2) is 21.9. The molecule has 0 radical (unpaired) electrons. The minimum atomic E-state index is -1.12. The molecule has 5 N–H and O–H groups in total. The minimum absolute atomic E-state index is 0.163. The van der Waals surface area contributed by atoms with Gasteiger partial charge < -0.3 is 26.4 Å². The Kier molecular flexibility index (Phi) is 18.1. The molecule has 11 nitrogen and oxygen atoms in total. The van der Waals surface area contributed by atoms with E-state index in [-0.39, 0.29) is 29.8 Å². The normalized spacial score (nSPS) is 11.8. The molecule has 0 aliphatic heterocycles. The standard InChI is InChI=1S/C22H29F2N5O2.C13H15F2NO3/c1-3-5-7-25-12-18-13-27-20(14-26-18)29-22(31)19(6-4-2)28-21(30)10-15-8-16(23)11-17(24)9-15;1-2-3-11(13(18)19)16-12(17)6-8-4-9(14)7-10(15)5-8/h8-9,11,13-14,19,25H,3-7,10,12H2,1-2H3,(H,28,30)(H,27,29,31);4-5,7,11H,2-3,6H2,1H3,(H,16,17)(H,18,19). The first-order valence-corrected chi connectivity index (χ1v) is 16.4. The van der Waals surface area contributed by atoms with Gasteiger partial charge in [0.1, 0.15) is 35.4 Å². The number of unbranched alkanes of at least 4 members (excludes halogenated alkanes) is 1. The highest BCUT2D eigenvalue weighted by molar-refractivity contribution is 5.96. The smallest absolute Gasteiger partial charge is 0.326 e. The molecule has 2 aromatic carbocycles. The van der Waals surface area contributed by atoms with Crippen molar-refractivity contribution in [3.8, 4) is 0 Å². The van der Waals surface area contributed by atoms with Gasteiger partial charge >= 0.3 is 5.97 Å². The number of aliphatic carboxylic acids is 1. The number of carboxylic acids is 1. The number of hydrogen-bond donors (Lipinski definition) is 5. The van der Waals surface area contributed by atoms with Gasteiger partial charge in [-0.1, -0.05) is 40.0 Å². The van der Waals surface area contributed by atoms with E-state index in [1.165, 1.54) is 6.20 Å². The van der Waals surface area contributed by atoms with E-state index in [9.17, 15) is 36.7 Å². The average Bonchev–Trinajstić information content (AvgIpc) is 3.02. The second-order valence-electron chi connectivity index (χ2n) is 11.5. The third kappa shape index (κ3) is 16.0. The predicted octanol–water partition coefficient (Wildman–Crippen LogP) is 4.99. The van der Waals surface area contributed by atoms with Crippen LogP contribution in [-0.4, -0.2) is 57.4 Å². The molecule has 0 aliphatic carbocycles. The second-order valence-corrected chi connectivity index (χ2v) is 11.5. The van der Waals surface area contributed by atoms with Gasteiger partial charge in [-0.2, -0.15) is 0 Å². The van der Waals surface area contributed by atoms with Crippen molar-refractivity contribution in [2.24, 2.45) is 0 Å². The van der Waals surface area contributed by atoms with Crippen molar-refractivity contribution in [3.63, 3.8) is 0 Å². The summed E-state index contributed by atoms with van der Waals surface area (Å²) in [4.78, 5) is 55.8. The fraction of sp³-hybridized carbons (Fsp3) is 0.429. The summed E-state index contributed by atoms with van der Waals surface area (Å²) in [5.74, 6) is -5.41. The van der Waals surface area contributed by atoms with E-state index >= 15 is 0 Å². The summed E-state index contributed by atoms with van der Waals surface area (Å²) < 4.78 is 52.5. The highest BCUT2D eigenvalue weighted by Gasteiger charge is 2.21. The van der Waals surface area contributed by atoms with Gasteiger partial charge in [-0.3, -0.25) is 19.4 Å². The number of nitrogens with zero attached hydrogens (tertiary/aromatic N) is 2. The Balaban J connectivity index is 0.000000391. The fourth-order valence-electron chi connectivity index (χ4n) is 4.63. The quantitative estimate of drug-likeness (QED) is 0.0915. The van der Waals surface area contributed by atoms with E-state index in [0.717, 1.165) is 55.4 Å². The Labute approximate surface area is 288 Å². The molecule has 2 atom stereocenters. The molecule has 1 heterocycles. The molecular weight excluding hydrogens is 660 g/mol. The van der Waals surface area contributed by atoms with Crippen molar-refractivity contribution in [2.45, 2.75) is 90.8 Å². The predicted molar refractivity (Wildman–Crippen MR) is 179 cm³/mol. The van der Waals surface area contributed by atoms with Gasteiger partial charge in [0.25, 0.3) is 0 Å². The highest BCUT2D eigenvalue weighted by Crippen LogP contribution is 2.11. The topological polar surface area (TPSA) is 162 Å². The van der Waals surface area contributed by atoms with Crippen LogP contribution in [0.2, 0.25) is 0 Å². The molecule has 0 saturated heterocycles. The van der Waals surface area contributed by atoms with Crippen LogP contribution >= 0.6 is 0 Å². The van der Waals surface area contributed by atoms with Gasteiger partial charge in [0.15, 0.2) is 5.82 Å². The lowest BCUT2D eigenvalue weighted by molar-refractivity contribution is -0.142. The minimum Gasteiger partial charge on any atom is -0.480 e. The van der Waals surface area contributed by atoms with Gasteiger partial charge in [-0.05, 0) is 61.2 Å². The van der Waals surface area contributed by atoms with Crippen LogP contribution in [0.1, 0.15) is 76.1 Å². The van der Waals surface area contributed by atoms with Gasteiger partial charge in [-0.15, -0.1) is 0 Å². The van der Waals surface area contributed by atoms with Crippen LogP contribution in [0.4, 0.5) is 23.4 Å². The third-order valence-corrected chi connectivity index (χ3v) is 6.98. The number of carbonyl (C=O) groups excluding carboxylic acids is 3. The number of hydrogen-bond acceptors (Lipinski definition) is 7. The van der Waals surface area contributed by atoms with Gasteiger partial charge in [0.2, 0.25) is 17.7 Å². The van der Waals surface area contributed by atoms with Crippen molar-refractivity contribution in [1.82, 2.24) is 25.9 Å². The Morgan fingerprint density at radius 1 is 0.700 bits per heavy atom. The molecule has 3 rings (SSSR count). The van der Waals surface area contributed by atoms with Crippen molar-refractivity contribution < 1.29 is 41.8 Å². The Morgan fingerprint density at radius 3 is 1.64 bits per heavy atom. The maximum Gasteiger partial charge on any atom is 0.326 e. The van der Waals surface area contributed by atoms with Crippen molar-refractivity contribution >= 4 is 29.5 Å². The van der Waals surface area contributed by atoms with Gasteiger partial charge in [-0.25, -0.2) is 27.3 Å². The maximum atomic E-state index is 13.3. The molecule has 0 spiro atoms. The Morgan fingerprint density at radius 2 is 1.20 bits per heavy atom. The van der Waals surface area contributed by atoms with Gasteiger partial charge in [0, 0.05) is 18.7 Å². The molecule has 0 fully saturated rings. The molecule has 3 aromatic rings. The Bertz CT molecular complexity index is 1520. The molecule has 1 aromatic heterocycles. The van der Waals surface area contributed by atoms with Crippen LogP contribution in [0.3, 0.4) is 0 Å². The Hall–Kier alpha value is -4.92. The first-order chi connectivity index (χ1) is 23.8. The van der Waals surface area contributed by atoms with E-state index in [1.807, 2.05) is 6.92 Å². The van der Waals surface area contributed by atoms with E-state index in [1.54, 1.807) is 13.1 Å². The summed E-state index contributed by atoms with van der Waals surface area (Å²) in [6, 6.07) is 3.93. The lowest BCUT2D eigenvalue weighted by Crippen LogP contribution is -2.44. The van der Waals surface area contributed by atoms with Crippen LogP contribution in [-0.2, 0) is 38.6 Å². The third-order valence-electron chi connectivity index (χ3n) is 6.98. The summed E-state index contributed by atoms with van der Waals surface area (Å²) in [6.45, 7) is 7.29. The van der Waals surface area contributed by atoms with E-state index < -0.39 is 59.0 Å². The van der Waals surface area contributed by atoms with Crippen molar-refractivity contribution in [2.75, 3.05) is 11.9 Å². The molecule has 0 aliphatic rings. The number of rotatable bonds is 18. The number of carbonyl (C=O) groups is 4. The lowest BCUT2D eigenvalue weighted by atomic mass is 10.1. The van der Waals surface area contributed by atoms with Gasteiger partial charge in [0.05, 0.1) is 30.9 Å². The van der Waals surface area contributed by atoms with Crippen LogP contribution in [0, 0.1) is 23.3 Å². The fourth-order valence-corrected chi connectivity index (χ4v) is 4.63. The molecule has 3 amide bonds. The zero-order valence-corrected chi connectivity index (χ0v) is 28.3. The molecule has 0 saturated carbocycles. The number of nitrogens with one attached hydrogen (secondary N) is 4. The molecular formula is C35H44F4N6O5. The summed E-state index contributed by atoms with van der Waals surface area (Å²) >= 11 is 0. The number of halogens is 4. The zero-order chi connectivity index (χ0) is 37.1. The van der Waals surface area contributed by atoms with E-state index in [2.05, 4.69) is 38.2 Å². The highest BCUT2D eigenvalue weighted by atomic mass is 19.1. The number of amides is 3. The molecule has 0 bridgehead atoms. The summed E-state index contributed by atoms with van der Waals surface area (Å²) in [6.07, 6.45) is 6.71. The lowest BCUT2D eigenvalue weighted by Gasteiger charge is -2.17. The van der Waals surface area contributed by atoms with Crippen molar-refractivity contribution in [3.05, 3.63) is 88.9 Å². The molecule has 15 heteroatoms. The number of aromatic nitrogens is 2. The van der Waals surface area contributed by atoms with E-state index in [4.69, 9.17) is 5.11 Å². The molecule has 50 heavy (non-hydrogen) atoms. The first-order valence-electron chi connectivity index (χ1n) is 16.4. The molecule has 2 unspecified atom stereocenters. The summed E-state index contributed by atoms with van der Waals surface area (Å²) in [7, 11) is 0. The number of anilines is 1. The molecule has 272 valence electrons. The van der Waals surface area contributed by atoms with E-state index in [0.29, 0.717) is 38.3 Å². The summed E-state index contributed by atoms with van der Waals surface area (Å²) in [5.41, 5.74) is 1.12. The zero-order valence-electron chi connectivity index (χ0n) is 28.3. The van der Waals surface area contributed by atoms with Crippen LogP contribution in [0.15, 0.2) is 48.8 Å².